The molecule has 1 saturated heterocycles. The number of carbonyl (C=O) groups is 1. The van der Waals surface area contributed by atoms with Gasteiger partial charge in [-0.25, -0.2) is 4.79 Å². The minimum Gasteiger partial charge on any atom is -0.443 e. The normalized spacial score (nSPS) is 36.6. The molecule has 0 radical (unpaired) electrons. The highest BCUT2D eigenvalue weighted by Gasteiger charge is 2.42. The molecular weight excluding hydrogens is 154 g/mol. The van der Waals surface area contributed by atoms with Crippen molar-refractivity contribution >= 4 is 6.09 Å². The molecule has 0 aromatic carbocycles. The van der Waals surface area contributed by atoms with Crippen LogP contribution in [0.2, 0.25) is 0 Å². The molecule has 0 aromatic heterocycles. The molecule has 1 unspecified atom stereocenters. The quantitative estimate of drug-likeness (QED) is 0.648. The molecule has 1 aliphatic heterocycles. The lowest BCUT2D eigenvalue weighted by molar-refractivity contribution is -0.0662. The number of hydrogen-bond acceptors (Lipinski definition) is 2. The van der Waals surface area contributed by atoms with E-state index in [0.29, 0.717) is 5.92 Å². The second-order valence-electron chi connectivity index (χ2n) is 4.01. The summed E-state index contributed by atoms with van der Waals surface area (Å²) in [5, 5.41) is 2.68. The maximum absolute atomic E-state index is 11.0. The SMILES string of the molecule is CC1(C2CCC2)CCNC(=O)O1. The summed E-state index contributed by atoms with van der Waals surface area (Å²) >= 11 is 0. The van der Waals surface area contributed by atoms with Crippen LogP contribution in [0.3, 0.4) is 0 Å². The first-order chi connectivity index (χ1) is 5.71. The smallest absolute Gasteiger partial charge is 0.407 e. The third kappa shape index (κ3) is 1.17. The van der Waals surface area contributed by atoms with Crippen LogP contribution in [0.25, 0.3) is 0 Å². The van der Waals surface area contributed by atoms with Crippen molar-refractivity contribution in [3.63, 3.8) is 0 Å². The van der Waals surface area contributed by atoms with Crippen LogP contribution in [0, 0.1) is 5.92 Å². The van der Waals surface area contributed by atoms with Gasteiger partial charge in [0.15, 0.2) is 0 Å². The van der Waals surface area contributed by atoms with E-state index in [1.165, 1.54) is 19.3 Å². The third-order valence-electron chi connectivity index (χ3n) is 3.19. The molecule has 12 heavy (non-hydrogen) atoms. The van der Waals surface area contributed by atoms with Crippen molar-refractivity contribution in [1.82, 2.24) is 5.32 Å². The number of hydrogen-bond donors (Lipinski definition) is 1. The Bertz CT molecular complexity index is 201. The van der Waals surface area contributed by atoms with Gasteiger partial charge in [0.1, 0.15) is 5.60 Å². The van der Waals surface area contributed by atoms with E-state index in [1.54, 1.807) is 0 Å². The molecule has 1 N–H and O–H groups in total. The van der Waals surface area contributed by atoms with Gasteiger partial charge in [0, 0.05) is 13.0 Å². The van der Waals surface area contributed by atoms with Crippen molar-refractivity contribution in [3.05, 3.63) is 0 Å². The number of alkyl carbamates (subject to hydrolysis) is 1. The Hall–Kier alpha value is -0.730. The van der Waals surface area contributed by atoms with Crippen molar-refractivity contribution in [2.45, 2.75) is 38.2 Å². The van der Waals surface area contributed by atoms with Crippen LogP contribution >= 0.6 is 0 Å². The van der Waals surface area contributed by atoms with Gasteiger partial charge in [-0.1, -0.05) is 6.42 Å². The first-order valence-corrected chi connectivity index (χ1v) is 4.67. The van der Waals surface area contributed by atoms with Gasteiger partial charge in [0.05, 0.1) is 0 Å². The molecule has 2 rings (SSSR count). The number of amides is 1. The van der Waals surface area contributed by atoms with E-state index in [-0.39, 0.29) is 11.7 Å². The summed E-state index contributed by atoms with van der Waals surface area (Å²) in [6.45, 7) is 2.83. The Morgan fingerprint density at radius 1 is 1.58 bits per heavy atom. The van der Waals surface area contributed by atoms with Gasteiger partial charge >= 0.3 is 6.09 Å². The molecular formula is C9H15NO2. The summed E-state index contributed by atoms with van der Waals surface area (Å²) in [4.78, 5) is 11.0. The fraction of sp³-hybridized carbons (Fsp3) is 0.889. The molecule has 2 fully saturated rings. The summed E-state index contributed by atoms with van der Waals surface area (Å²) < 4.78 is 5.33. The second kappa shape index (κ2) is 2.64. The maximum atomic E-state index is 11.0. The summed E-state index contributed by atoms with van der Waals surface area (Å²) in [5.41, 5.74) is -0.166. The van der Waals surface area contributed by atoms with E-state index < -0.39 is 0 Å². The van der Waals surface area contributed by atoms with Crippen LogP contribution in [0.15, 0.2) is 0 Å². The Labute approximate surface area is 72.5 Å². The number of rotatable bonds is 1. The van der Waals surface area contributed by atoms with E-state index in [0.717, 1.165) is 13.0 Å². The van der Waals surface area contributed by atoms with Gasteiger partial charge in [-0.2, -0.15) is 0 Å². The number of ether oxygens (including phenoxy) is 1. The highest BCUT2D eigenvalue weighted by molar-refractivity contribution is 5.68. The highest BCUT2D eigenvalue weighted by Crippen LogP contribution is 2.41. The van der Waals surface area contributed by atoms with Gasteiger partial charge in [-0.05, 0) is 25.7 Å². The van der Waals surface area contributed by atoms with Crippen LogP contribution in [0.4, 0.5) is 4.79 Å². The lowest BCUT2D eigenvalue weighted by Gasteiger charge is -2.44. The molecule has 1 heterocycles. The van der Waals surface area contributed by atoms with E-state index in [2.05, 4.69) is 12.2 Å². The molecule has 1 saturated carbocycles. The van der Waals surface area contributed by atoms with Crippen molar-refractivity contribution in [1.29, 1.82) is 0 Å². The standard InChI is InChI=1S/C9H15NO2/c1-9(7-3-2-4-7)5-6-10-8(11)12-9/h7H,2-6H2,1H3,(H,10,11). The predicted octanol–water partition coefficient (Wildman–Crippen LogP) is 1.68. The van der Waals surface area contributed by atoms with Crippen molar-refractivity contribution in [2.24, 2.45) is 5.92 Å². The molecule has 3 nitrogen and oxygen atoms in total. The zero-order valence-corrected chi connectivity index (χ0v) is 7.43. The number of nitrogens with one attached hydrogen (secondary N) is 1. The lowest BCUT2D eigenvalue weighted by atomic mass is 9.72. The largest absolute Gasteiger partial charge is 0.443 e. The Morgan fingerprint density at radius 2 is 2.33 bits per heavy atom. The number of carbonyl (C=O) groups excluding carboxylic acids is 1. The summed E-state index contributed by atoms with van der Waals surface area (Å²) in [7, 11) is 0. The zero-order valence-electron chi connectivity index (χ0n) is 7.43. The van der Waals surface area contributed by atoms with E-state index in [1.807, 2.05) is 0 Å². The van der Waals surface area contributed by atoms with Gasteiger partial charge in [0.2, 0.25) is 0 Å². The van der Waals surface area contributed by atoms with Crippen LogP contribution in [0.5, 0.6) is 0 Å². The molecule has 0 bridgehead atoms. The zero-order chi connectivity index (χ0) is 8.60. The van der Waals surface area contributed by atoms with Crippen LogP contribution in [0.1, 0.15) is 32.6 Å². The van der Waals surface area contributed by atoms with Gasteiger partial charge in [-0.15, -0.1) is 0 Å². The molecule has 0 aromatic rings. The first kappa shape index (κ1) is 7.90. The summed E-state index contributed by atoms with van der Waals surface area (Å²) in [6, 6.07) is 0. The highest BCUT2D eigenvalue weighted by atomic mass is 16.6. The van der Waals surface area contributed by atoms with Crippen molar-refractivity contribution < 1.29 is 9.53 Å². The minimum atomic E-state index is -0.240. The minimum absolute atomic E-state index is 0.166. The summed E-state index contributed by atoms with van der Waals surface area (Å²) in [5.74, 6) is 0.614. The van der Waals surface area contributed by atoms with E-state index in [4.69, 9.17) is 4.74 Å². The van der Waals surface area contributed by atoms with Gasteiger partial charge in [-0.3, -0.25) is 0 Å². The molecule has 1 atom stereocenters. The molecule has 1 amide bonds. The number of cyclic esters (lactones) is 1. The van der Waals surface area contributed by atoms with E-state index >= 15 is 0 Å². The topological polar surface area (TPSA) is 38.3 Å². The average molecular weight is 169 g/mol. The second-order valence-corrected chi connectivity index (χ2v) is 4.01. The van der Waals surface area contributed by atoms with Crippen LogP contribution in [-0.4, -0.2) is 18.2 Å². The monoisotopic (exact) mass is 169 g/mol. The molecule has 68 valence electrons. The van der Waals surface area contributed by atoms with Crippen molar-refractivity contribution in [2.75, 3.05) is 6.54 Å². The van der Waals surface area contributed by atoms with Crippen LogP contribution in [-0.2, 0) is 4.74 Å². The fourth-order valence-electron chi connectivity index (χ4n) is 2.02. The first-order valence-electron chi connectivity index (χ1n) is 4.67. The third-order valence-corrected chi connectivity index (χ3v) is 3.19. The van der Waals surface area contributed by atoms with Gasteiger partial charge in [0.25, 0.3) is 0 Å². The fourth-order valence-corrected chi connectivity index (χ4v) is 2.02. The van der Waals surface area contributed by atoms with E-state index in [9.17, 15) is 4.79 Å². The summed E-state index contributed by atoms with van der Waals surface area (Å²) in [6.07, 6.45) is 4.47. The van der Waals surface area contributed by atoms with Crippen LogP contribution < -0.4 is 5.32 Å². The molecule has 3 heteroatoms. The Morgan fingerprint density at radius 3 is 2.83 bits per heavy atom. The Kier molecular flexibility index (Phi) is 1.74. The molecule has 2 aliphatic rings. The van der Waals surface area contributed by atoms with Gasteiger partial charge < -0.3 is 10.1 Å². The average Bonchev–Trinajstić information content (AvgIpc) is 1.79. The predicted molar refractivity (Wildman–Crippen MR) is 44.8 cm³/mol. The maximum Gasteiger partial charge on any atom is 0.407 e. The molecule has 1 aliphatic carbocycles. The van der Waals surface area contributed by atoms with Crippen molar-refractivity contribution in [3.8, 4) is 0 Å². The molecule has 0 spiro atoms. The lowest BCUT2D eigenvalue weighted by Crippen LogP contribution is -2.51. The Balaban J connectivity index is 2.02.